The Hall–Kier alpha value is -2.83. The molecule has 1 N–H and O–H groups in total. The molecule has 3 aliphatic heterocycles. The zero-order valence-electron chi connectivity index (χ0n) is 17.3. The molecule has 1 aromatic heterocycles. The van der Waals surface area contributed by atoms with Crippen molar-refractivity contribution in [3.8, 4) is 0 Å². The SMILES string of the molecule is CC(=O)Nc1cccc2c1ccn2CC(=O)N1C[C@H]2C[C@@H](C1)C1CCCC(=O)N1C2. The van der Waals surface area contributed by atoms with Crippen LogP contribution in [0.1, 0.15) is 32.6 Å². The van der Waals surface area contributed by atoms with Crippen molar-refractivity contribution in [3.63, 3.8) is 0 Å². The van der Waals surface area contributed by atoms with Crippen LogP contribution in [0.3, 0.4) is 0 Å². The lowest BCUT2D eigenvalue weighted by Crippen LogP contribution is -2.61. The molecule has 3 saturated heterocycles. The number of benzene rings is 1. The second-order valence-electron chi connectivity index (χ2n) is 9.03. The average molecular weight is 409 g/mol. The number of carbonyl (C=O) groups is 3. The lowest BCUT2D eigenvalue weighted by molar-refractivity contribution is -0.148. The second-order valence-corrected chi connectivity index (χ2v) is 9.03. The van der Waals surface area contributed by atoms with E-state index >= 15 is 0 Å². The van der Waals surface area contributed by atoms with Gasteiger partial charge >= 0.3 is 0 Å². The number of carbonyl (C=O) groups excluding carboxylic acids is 3. The highest BCUT2D eigenvalue weighted by atomic mass is 16.2. The van der Waals surface area contributed by atoms with Gasteiger partial charge in [-0.2, -0.15) is 0 Å². The fraction of sp³-hybridized carbons (Fsp3) is 0.522. The third-order valence-electron chi connectivity index (χ3n) is 6.96. The standard InChI is InChI=1S/C23H28N4O3/c1-15(28)24-19-4-2-6-21-18(19)8-9-25(21)14-23(30)26-11-16-10-17(13-26)20-5-3-7-22(29)27(20)12-16/h2,4,6,8-9,16-17,20H,3,5,7,10-14H2,1H3,(H,24,28)/t16-,17+,20?/m1/s1. The van der Waals surface area contributed by atoms with Crippen LogP contribution in [0.4, 0.5) is 5.69 Å². The quantitative estimate of drug-likeness (QED) is 0.848. The van der Waals surface area contributed by atoms with E-state index in [4.69, 9.17) is 0 Å². The lowest BCUT2D eigenvalue weighted by Gasteiger charge is -2.52. The maximum Gasteiger partial charge on any atom is 0.242 e. The second kappa shape index (κ2) is 7.45. The van der Waals surface area contributed by atoms with E-state index in [-0.39, 0.29) is 11.8 Å². The number of rotatable bonds is 3. The fourth-order valence-corrected chi connectivity index (χ4v) is 5.72. The van der Waals surface area contributed by atoms with Crippen LogP contribution in [0.5, 0.6) is 0 Å². The van der Waals surface area contributed by atoms with Crippen molar-refractivity contribution < 1.29 is 14.4 Å². The summed E-state index contributed by atoms with van der Waals surface area (Å²) in [5, 5.41) is 3.79. The van der Waals surface area contributed by atoms with Crippen LogP contribution >= 0.6 is 0 Å². The summed E-state index contributed by atoms with van der Waals surface area (Å²) in [5.41, 5.74) is 1.71. The van der Waals surface area contributed by atoms with Gasteiger partial charge in [-0.25, -0.2) is 0 Å². The van der Waals surface area contributed by atoms with Crippen molar-refractivity contribution in [3.05, 3.63) is 30.5 Å². The highest BCUT2D eigenvalue weighted by Crippen LogP contribution is 2.38. The van der Waals surface area contributed by atoms with Crippen LogP contribution in [0.25, 0.3) is 10.9 Å². The molecule has 4 heterocycles. The van der Waals surface area contributed by atoms with Crippen LogP contribution < -0.4 is 5.32 Å². The van der Waals surface area contributed by atoms with E-state index in [9.17, 15) is 14.4 Å². The molecule has 5 rings (SSSR count). The normalized spacial score (nSPS) is 25.9. The smallest absolute Gasteiger partial charge is 0.242 e. The molecule has 2 aromatic rings. The molecule has 1 unspecified atom stereocenters. The highest BCUT2D eigenvalue weighted by molar-refractivity contribution is 6.01. The number of hydrogen-bond donors (Lipinski definition) is 1. The Morgan fingerprint density at radius 1 is 1.17 bits per heavy atom. The number of amides is 3. The van der Waals surface area contributed by atoms with Gasteiger partial charge in [0, 0.05) is 50.6 Å². The van der Waals surface area contributed by atoms with Crippen molar-refractivity contribution in [1.29, 1.82) is 0 Å². The van der Waals surface area contributed by atoms with Gasteiger partial charge in [0.1, 0.15) is 6.54 Å². The molecule has 0 aliphatic carbocycles. The maximum absolute atomic E-state index is 13.2. The van der Waals surface area contributed by atoms with Crippen molar-refractivity contribution in [1.82, 2.24) is 14.4 Å². The van der Waals surface area contributed by atoms with Crippen LogP contribution in [0, 0.1) is 11.8 Å². The van der Waals surface area contributed by atoms with Gasteiger partial charge in [-0.3, -0.25) is 14.4 Å². The van der Waals surface area contributed by atoms with Crippen molar-refractivity contribution in [2.45, 2.75) is 45.2 Å². The van der Waals surface area contributed by atoms with Gasteiger partial charge in [-0.1, -0.05) is 6.07 Å². The molecule has 1 aromatic carbocycles. The molecular weight excluding hydrogens is 380 g/mol. The summed E-state index contributed by atoms with van der Waals surface area (Å²) < 4.78 is 1.96. The summed E-state index contributed by atoms with van der Waals surface area (Å²) >= 11 is 0. The number of nitrogens with one attached hydrogen (secondary N) is 1. The van der Waals surface area contributed by atoms with Crippen molar-refractivity contribution >= 4 is 34.3 Å². The summed E-state index contributed by atoms with van der Waals surface area (Å²) in [6.07, 6.45) is 5.77. The molecule has 0 radical (unpaired) electrons. The first-order valence-corrected chi connectivity index (χ1v) is 10.9. The van der Waals surface area contributed by atoms with Gasteiger partial charge in [0.2, 0.25) is 17.7 Å². The topological polar surface area (TPSA) is 74.6 Å². The molecule has 7 heteroatoms. The van der Waals surface area contributed by atoms with E-state index < -0.39 is 0 Å². The van der Waals surface area contributed by atoms with Crippen LogP contribution in [-0.2, 0) is 20.9 Å². The molecular formula is C23H28N4O3. The molecule has 3 atom stereocenters. The third kappa shape index (κ3) is 3.36. The number of aromatic nitrogens is 1. The molecule has 30 heavy (non-hydrogen) atoms. The summed E-state index contributed by atoms with van der Waals surface area (Å²) in [4.78, 5) is 41.1. The Morgan fingerprint density at radius 2 is 2.03 bits per heavy atom. The Morgan fingerprint density at radius 3 is 2.87 bits per heavy atom. The average Bonchev–Trinajstić information content (AvgIpc) is 3.12. The van der Waals surface area contributed by atoms with E-state index in [2.05, 4.69) is 10.2 Å². The maximum atomic E-state index is 13.2. The van der Waals surface area contributed by atoms with Crippen molar-refractivity contribution in [2.24, 2.45) is 11.8 Å². The van der Waals surface area contributed by atoms with E-state index in [1.165, 1.54) is 6.92 Å². The van der Waals surface area contributed by atoms with Crippen LogP contribution in [0.15, 0.2) is 30.5 Å². The fourth-order valence-electron chi connectivity index (χ4n) is 5.72. The van der Waals surface area contributed by atoms with E-state index in [0.29, 0.717) is 36.8 Å². The minimum Gasteiger partial charge on any atom is -0.340 e. The van der Waals surface area contributed by atoms with Gasteiger partial charge in [0.25, 0.3) is 0 Å². The van der Waals surface area contributed by atoms with Crippen molar-refractivity contribution in [2.75, 3.05) is 25.0 Å². The Balaban J connectivity index is 1.32. The zero-order chi connectivity index (χ0) is 20.8. The highest BCUT2D eigenvalue weighted by Gasteiger charge is 2.44. The molecule has 2 bridgehead atoms. The molecule has 3 aliphatic rings. The number of likely N-dealkylation sites (tertiary alicyclic amines) is 1. The van der Waals surface area contributed by atoms with E-state index in [1.54, 1.807) is 0 Å². The number of nitrogens with zero attached hydrogens (tertiary/aromatic N) is 3. The van der Waals surface area contributed by atoms with Gasteiger partial charge < -0.3 is 19.7 Å². The predicted octanol–water partition coefficient (Wildman–Crippen LogP) is 2.46. The van der Waals surface area contributed by atoms with Gasteiger partial charge in [-0.05, 0) is 49.3 Å². The first-order chi connectivity index (χ1) is 14.5. The zero-order valence-corrected chi connectivity index (χ0v) is 17.3. The molecule has 3 fully saturated rings. The molecule has 0 spiro atoms. The molecule has 3 amide bonds. The molecule has 7 nitrogen and oxygen atoms in total. The molecule has 158 valence electrons. The Kier molecular flexibility index (Phi) is 4.76. The minimum atomic E-state index is -0.110. The van der Waals surface area contributed by atoms with E-state index in [1.807, 2.05) is 39.9 Å². The lowest BCUT2D eigenvalue weighted by atomic mass is 9.76. The first kappa shape index (κ1) is 19.2. The summed E-state index contributed by atoms with van der Waals surface area (Å²) in [6.45, 7) is 4.08. The first-order valence-electron chi connectivity index (χ1n) is 10.9. The summed E-state index contributed by atoms with van der Waals surface area (Å²) in [5.74, 6) is 1.11. The number of anilines is 1. The van der Waals surface area contributed by atoms with E-state index in [0.717, 1.165) is 55.5 Å². The van der Waals surface area contributed by atoms with Crippen LogP contribution in [0.2, 0.25) is 0 Å². The predicted molar refractivity (Wildman–Crippen MR) is 114 cm³/mol. The van der Waals surface area contributed by atoms with Gasteiger partial charge in [0.05, 0.1) is 11.2 Å². The van der Waals surface area contributed by atoms with Gasteiger partial charge in [-0.15, -0.1) is 0 Å². The summed E-state index contributed by atoms with van der Waals surface area (Å²) in [7, 11) is 0. The Bertz CT molecular complexity index is 1010. The monoisotopic (exact) mass is 408 g/mol. The Labute approximate surface area is 176 Å². The largest absolute Gasteiger partial charge is 0.340 e. The number of fused-ring (bicyclic) bond motifs is 5. The molecule has 0 saturated carbocycles. The van der Waals surface area contributed by atoms with Gasteiger partial charge in [0.15, 0.2) is 0 Å². The summed E-state index contributed by atoms with van der Waals surface area (Å²) in [6, 6.07) is 8.01. The third-order valence-corrected chi connectivity index (χ3v) is 6.96. The number of piperidine rings is 3. The van der Waals surface area contributed by atoms with Crippen LogP contribution in [-0.4, -0.2) is 57.8 Å². The minimum absolute atomic E-state index is 0.110. The number of hydrogen-bond acceptors (Lipinski definition) is 3.